The molecule has 3 aliphatic carbocycles. The van der Waals surface area contributed by atoms with Crippen molar-refractivity contribution in [1.29, 1.82) is 0 Å². The van der Waals surface area contributed by atoms with Crippen molar-refractivity contribution in [3.8, 4) is 0 Å². The summed E-state index contributed by atoms with van der Waals surface area (Å²) in [6.45, 7) is 3.91. The Bertz CT molecular complexity index is 399. The van der Waals surface area contributed by atoms with Crippen LogP contribution in [0.3, 0.4) is 0 Å². The fraction of sp³-hybridized carbons (Fsp3) is 0.938. The Morgan fingerprint density at radius 1 is 1.11 bits per heavy atom. The summed E-state index contributed by atoms with van der Waals surface area (Å²) in [4.78, 5) is 11.7. The number of rotatable bonds is 0. The van der Waals surface area contributed by atoms with Gasteiger partial charge in [0.25, 0.3) is 0 Å². The van der Waals surface area contributed by atoms with Crippen molar-refractivity contribution in [2.45, 2.75) is 57.7 Å². The van der Waals surface area contributed by atoms with Crippen molar-refractivity contribution >= 4 is 5.78 Å². The maximum Gasteiger partial charge on any atom is 0.174 e. The fourth-order valence-electron chi connectivity index (χ4n) is 5.66. The lowest BCUT2D eigenvalue weighted by molar-refractivity contribution is -0.239. The van der Waals surface area contributed by atoms with Gasteiger partial charge in [-0.15, -0.1) is 0 Å². The summed E-state index contributed by atoms with van der Waals surface area (Å²) in [6.07, 6.45) is 7.41. The molecule has 4 aliphatic rings. The van der Waals surface area contributed by atoms with E-state index in [0.717, 1.165) is 44.8 Å². The van der Waals surface area contributed by atoms with Gasteiger partial charge in [0.05, 0.1) is 13.2 Å². The monoisotopic (exact) mass is 264 g/mol. The lowest BCUT2D eigenvalue weighted by Crippen LogP contribution is -2.52. The molecule has 1 spiro atoms. The number of ketones is 1. The van der Waals surface area contributed by atoms with Gasteiger partial charge >= 0.3 is 0 Å². The molecular weight excluding hydrogens is 240 g/mol. The molecule has 0 N–H and O–H groups in total. The summed E-state index contributed by atoms with van der Waals surface area (Å²) in [5.41, 5.74) is 0.186. The lowest BCUT2D eigenvalue weighted by atomic mass is 9.55. The number of hydrogen-bond acceptors (Lipinski definition) is 3. The second-order valence-electron chi connectivity index (χ2n) is 7.26. The normalized spacial score (nSPS) is 48.3. The SMILES string of the molecule is C[C@@]12CCC3CC(=O)CCC3C1CCC21OCCO1. The highest BCUT2D eigenvalue weighted by Crippen LogP contribution is 2.64. The third-order valence-corrected chi connectivity index (χ3v) is 6.63. The molecule has 4 atom stereocenters. The molecule has 0 bridgehead atoms. The Morgan fingerprint density at radius 3 is 2.68 bits per heavy atom. The van der Waals surface area contributed by atoms with Crippen LogP contribution in [0.15, 0.2) is 0 Å². The van der Waals surface area contributed by atoms with Gasteiger partial charge in [-0.05, 0) is 43.4 Å². The molecule has 19 heavy (non-hydrogen) atoms. The number of carbonyl (C=O) groups excluding carboxylic acids is 1. The van der Waals surface area contributed by atoms with Gasteiger partial charge in [0.2, 0.25) is 0 Å². The maximum absolute atomic E-state index is 11.7. The van der Waals surface area contributed by atoms with Gasteiger partial charge in [0.15, 0.2) is 5.79 Å². The molecule has 0 amide bonds. The minimum absolute atomic E-state index is 0.186. The largest absolute Gasteiger partial charge is 0.347 e. The quantitative estimate of drug-likeness (QED) is 0.675. The molecule has 1 aliphatic heterocycles. The molecule has 0 radical (unpaired) electrons. The highest BCUT2D eigenvalue weighted by Gasteiger charge is 2.64. The highest BCUT2D eigenvalue weighted by atomic mass is 16.7. The topological polar surface area (TPSA) is 35.5 Å². The van der Waals surface area contributed by atoms with E-state index in [1.807, 2.05) is 0 Å². The van der Waals surface area contributed by atoms with Crippen LogP contribution in [0.2, 0.25) is 0 Å². The number of Topliss-reactive ketones (excluding diaryl/α,β-unsaturated/α-hetero) is 1. The van der Waals surface area contributed by atoms with E-state index in [-0.39, 0.29) is 11.2 Å². The van der Waals surface area contributed by atoms with Crippen LogP contribution in [-0.4, -0.2) is 24.8 Å². The summed E-state index contributed by atoms with van der Waals surface area (Å²) in [6, 6.07) is 0. The first-order valence-corrected chi connectivity index (χ1v) is 7.94. The van der Waals surface area contributed by atoms with E-state index in [1.54, 1.807) is 0 Å². The van der Waals surface area contributed by atoms with E-state index in [9.17, 15) is 4.79 Å². The van der Waals surface area contributed by atoms with Gasteiger partial charge in [0, 0.05) is 24.7 Å². The van der Waals surface area contributed by atoms with Crippen LogP contribution in [0.1, 0.15) is 51.9 Å². The van der Waals surface area contributed by atoms with Crippen molar-refractivity contribution in [2.24, 2.45) is 23.2 Å². The second kappa shape index (κ2) is 4.05. The van der Waals surface area contributed by atoms with Crippen LogP contribution in [0.5, 0.6) is 0 Å². The molecule has 1 heterocycles. The van der Waals surface area contributed by atoms with E-state index >= 15 is 0 Å². The second-order valence-corrected chi connectivity index (χ2v) is 7.26. The molecule has 0 aromatic carbocycles. The Hall–Kier alpha value is -0.410. The maximum atomic E-state index is 11.7. The minimum Gasteiger partial charge on any atom is -0.347 e. The first-order valence-electron chi connectivity index (χ1n) is 7.94. The number of carbonyl (C=O) groups is 1. The Labute approximate surface area is 115 Å². The molecule has 3 nitrogen and oxygen atoms in total. The molecule has 4 fully saturated rings. The van der Waals surface area contributed by atoms with Crippen LogP contribution in [0.25, 0.3) is 0 Å². The van der Waals surface area contributed by atoms with Gasteiger partial charge in [-0.1, -0.05) is 6.92 Å². The lowest BCUT2D eigenvalue weighted by Gasteiger charge is -2.52. The smallest absolute Gasteiger partial charge is 0.174 e. The van der Waals surface area contributed by atoms with Gasteiger partial charge < -0.3 is 9.47 Å². The third kappa shape index (κ3) is 1.55. The summed E-state index contributed by atoms with van der Waals surface area (Å²) in [7, 11) is 0. The molecule has 4 rings (SSSR count). The van der Waals surface area contributed by atoms with Crippen molar-refractivity contribution in [3.63, 3.8) is 0 Å². The van der Waals surface area contributed by atoms with Crippen LogP contribution in [0, 0.1) is 23.2 Å². The summed E-state index contributed by atoms with van der Waals surface area (Å²) in [5.74, 6) is 2.30. The third-order valence-electron chi connectivity index (χ3n) is 6.63. The Kier molecular flexibility index (Phi) is 2.63. The number of hydrogen-bond donors (Lipinski definition) is 0. The average Bonchev–Trinajstić information content (AvgIpc) is 2.98. The zero-order chi connectivity index (χ0) is 13.1. The van der Waals surface area contributed by atoms with Crippen molar-refractivity contribution in [1.82, 2.24) is 0 Å². The molecule has 3 saturated carbocycles. The predicted molar refractivity (Wildman–Crippen MR) is 70.5 cm³/mol. The molecular formula is C16H24O3. The fourth-order valence-corrected chi connectivity index (χ4v) is 5.66. The minimum atomic E-state index is -0.288. The van der Waals surface area contributed by atoms with Gasteiger partial charge in [0.1, 0.15) is 5.78 Å². The van der Waals surface area contributed by atoms with Crippen LogP contribution in [-0.2, 0) is 14.3 Å². The van der Waals surface area contributed by atoms with Crippen molar-refractivity contribution < 1.29 is 14.3 Å². The van der Waals surface area contributed by atoms with E-state index in [2.05, 4.69) is 6.92 Å². The van der Waals surface area contributed by atoms with Crippen molar-refractivity contribution in [2.75, 3.05) is 13.2 Å². The molecule has 3 unspecified atom stereocenters. The van der Waals surface area contributed by atoms with Crippen molar-refractivity contribution in [3.05, 3.63) is 0 Å². The van der Waals surface area contributed by atoms with Crippen LogP contribution < -0.4 is 0 Å². The zero-order valence-electron chi connectivity index (χ0n) is 11.8. The Balaban J connectivity index is 1.64. The van der Waals surface area contributed by atoms with Gasteiger partial charge in [-0.25, -0.2) is 0 Å². The van der Waals surface area contributed by atoms with Crippen LogP contribution >= 0.6 is 0 Å². The highest BCUT2D eigenvalue weighted by molar-refractivity contribution is 5.79. The predicted octanol–water partition coefficient (Wildman–Crippen LogP) is 2.93. The van der Waals surface area contributed by atoms with E-state index in [1.165, 1.54) is 19.3 Å². The Morgan fingerprint density at radius 2 is 1.89 bits per heavy atom. The molecule has 106 valence electrons. The summed E-state index contributed by atoms with van der Waals surface area (Å²) in [5, 5.41) is 0. The zero-order valence-corrected chi connectivity index (χ0v) is 11.8. The van der Waals surface area contributed by atoms with E-state index < -0.39 is 0 Å². The van der Waals surface area contributed by atoms with Crippen LogP contribution in [0.4, 0.5) is 0 Å². The number of fused-ring (bicyclic) bond motifs is 4. The van der Waals surface area contributed by atoms with Gasteiger partial charge in [-0.2, -0.15) is 0 Å². The average molecular weight is 264 g/mol. The van der Waals surface area contributed by atoms with Gasteiger partial charge in [-0.3, -0.25) is 4.79 Å². The first-order chi connectivity index (χ1) is 9.15. The molecule has 0 aromatic heterocycles. The van der Waals surface area contributed by atoms with E-state index in [4.69, 9.17) is 9.47 Å². The summed E-state index contributed by atoms with van der Waals surface area (Å²) >= 11 is 0. The standard InChI is InChI=1S/C16H24O3/c1-15-6-4-11-10-12(17)2-3-13(11)14(15)5-7-16(15)18-8-9-19-16/h11,13-14H,2-10H2,1H3/t11?,13?,14?,15-/m1/s1. The van der Waals surface area contributed by atoms with E-state index in [0.29, 0.717) is 17.6 Å². The molecule has 1 saturated heterocycles. The molecule has 3 heteroatoms. The summed E-state index contributed by atoms with van der Waals surface area (Å²) < 4.78 is 12.2. The molecule has 0 aromatic rings. The number of ether oxygens (including phenoxy) is 2. The first kappa shape index (κ1) is 12.3.